The summed E-state index contributed by atoms with van der Waals surface area (Å²) < 4.78 is 19.6. The van der Waals surface area contributed by atoms with E-state index in [4.69, 9.17) is 4.74 Å². The summed E-state index contributed by atoms with van der Waals surface area (Å²) in [5.74, 6) is -0.961. The van der Waals surface area contributed by atoms with E-state index >= 15 is 0 Å². The van der Waals surface area contributed by atoms with Crippen LogP contribution in [0.4, 0.5) is 10.1 Å². The number of fused-ring (bicyclic) bond motifs is 1. The van der Waals surface area contributed by atoms with Crippen LogP contribution in [0.5, 0.6) is 0 Å². The molecule has 3 fully saturated rings. The average molecular weight is 597 g/mol. The van der Waals surface area contributed by atoms with Gasteiger partial charge in [-0.1, -0.05) is 13.8 Å². The number of ketones is 1. The number of rotatable bonds is 6. The van der Waals surface area contributed by atoms with Crippen LogP contribution in [0.25, 0.3) is 0 Å². The van der Waals surface area contributed by atoms with Gasteiger partial charge in [-0.2, -0.15) is 54.0 Å². The van der Waals surface area contributed by atoms with Crippen molar-refractivity contribution in [1.82, 2.24) is 15.1 Å². The van der Waals surface area contributed by atoms with Crippen LogP contribution in [-0.4, -0.2) is 98.1 Å². The highest BCUT2D eigenvalue weighted by atomic mass is 32.1. The van der Waals surface area contributed by atoms with E-state index < -0.39 is 30.3 Å². The second-order valence-corrected chi connectivity index (χ2v) is 9.69. The molecule has 212 valence electrons. The first-order chi connectivity index (χ1) is 15.7. The largest absolute Gasteiger partial charge is 0.369 e. The molecule has 3 aliphatic heterocycles. The highest BCUT2D eigenvalue weighted by Crippen LogP contribution is 2.30. The molecule has 0 spiro atoms. The lowest BCUT2D eigenvalue weighted by Gasteiger charge is -2.34. The number of nitrogens with zero attached hydrogens (tertiary/aromatic N) is 3. The molecule has 1 aromatic rings. The molecule has 8 nitrogen and oxygen atoms in total. The van der Waals surface area contributed by atoms with Crippen molar-refractivity contribution in [3.8, 4) is 0 Å². The number of Topliss-reactive ketones (excluding diaryl/α,β-unsaturated/α-hetero) is 1. The normalized spacial score (nSPS) is 23.7. The topological polar surface area (TPSA) is 82.2 Å². The molecule has 3 heterocycles. The summed E-state index contributed by atoms with van der Waals surface area (Å²) in [6.45, 7) is 7.38. The molecule has 3 saturated heterocycles. The fourth-order valence-electron chi connectivity index (χ4n) is 4.85. The number of anilines is 1. The molecule has 0 bridgehead atoms. The molecule has 1 N–H and O–H groups in total. The van der Waals surface area contributed by atoms with Gasteiger partial charge in [0.1, 0.15) is 31.0 Å². The number of carbonyl (C=O) groups is 3. The molecule has 0 aliphatic carbocycles. The summed E-state index contributed by atoms with van der Waals surface area (Å²) in [4.78, 5) is 44.3. The van der Waals surface area contributed by atoms with Gasteiger partial charge in [-0.15, -0.1) is 0 Å². The Kier molecular flexibility index (Phi) is 15.0. The smallest absolute Gasteiger partial charge is 0.251 e. The maximum atomic E-state index is 14.4. The Morgan fingerprint density at radius 1 is 1.05 bits per heavy atom. The molecule has 0 saturated carbocycles. The van der Waals surface area contributed by atoms with Crippen LogP contribution in [0, 0.1) is 5.92 Å². The van der Waals surface area contributed by atoms with Crippen molar-refractivity contribution < 1.29 is 23.5 Å². The van der Waals surface area contributed by atoms with Gasteiger partial charge in [-0.25, -0.2) is 4.39 Å². The Balaban J connectivity index is 0.00000324. The number of nitrogens with one attached hydrogen (secondary N) is 1. The summed E-state index contributed by atoms with van der Waals surface area (Å²) in [5, 5.41) is 2.83. The zero-order valence-electron chi connectivity index (χ0n) is 21.5. The third-order valence-corrected chi connectivity index (χ3v) is 6.71. The number of likely N-dealkylation sites (tertiary alicyclic amines) is 1. The van der Waals surface area contributed by atoms with Crippen molar-refractivity contribution in [1.29, 1.82) is 0 Å². The predicted octanol–water partition coefficient (Wildman–Crippen LogP) is 1.55. The lowest BCUT2D eigenvalue weighted by atomic mass is 10.0. The zero-order chi connectivity index (χ0) is 23.7. The van der Waals surface area contributed by atoms with Crippen molar-refractivity contribution in [3.63, 3.8) is 0 Å². The van der Waals surface area contributed by atoms with E-state index in [0.29, 0.717) is 12.0 Å². The third-order valence-electron chi connectivity index (χ3n) is 6.71. The number of likely N-dealkylation sites (N-methyl/N-ethyl adjacent to an activating group) is 1. The minimum atomic E-state index is -1.40. The molecular weight excluding hydrogens is 556 g/mol. The van der Waals surface area contributed by atoms with Crippen LogP contribution >= 0.6 is 54.0 Å². The van der Waals surface area contributed by atoms with E-state index in [1.54, 1.807) is 12.1 Å². The highest BCUT2D eigenvalue weighted by molar-refractivity contribution is 7.59. The van der Waals surface area contributed by atoms with E-state index in [1.165, 1.54) is 4.90 Å². The lowest BCUT2D eigenvalue weighted by Crippen LogP contribution is -2.52. The van der Waals surface area contributed by atoms with Crippen LogP contribution in [0.15, 0.2) is 24.3 Å². The van der Waals surface area contributed by atoms with Gasteiger partial charge in [-0.05, 0) is 43.7 Å². The molecule has 3 aliphatic rings. The molecule has 4 rings (SSSR count). The Morgan fingerprint density at radius 3 is 2.22 bits per heavy atom. The van der Waals surface area contributed by atoms with Crippen molar-refractivity contribution in [3.05, 3.63) is 29.8 Å². The van der Waals surface area contributed by atoms with Gasteiger partial charge in [0.15, 0.2) is 5.78 Å². The summed E-state index contributed by atoms with van der Waals surface area (Å²) >= 11 is 0. The van der Waals surface area contributed by atoms with Crippen LogP contribution in [0.1, 0.15) is 30.6 Å². The standard InChI is InChI=1S/C24H33FN4O4.4H2S/c1-15(2)12-19(24(32)29-13-18(25)22-21(29)20(30)14-33-22)26-23(31)16-4-6-17(7-5-16)28-10-8-27(3)9-11-28;;;;/h4-7,15,18-19,21-22H,8-14H2,1-3H3,(H,26,31);4*1H2/t18-,19+,21-,22-;;;;/m1..../s1. The van der Waals surface area contributed by atoms with E-state index in [0.717, 1.165) is 31.9 Å². The van der Waals surface area contributed by atoms with E-state index in [9.17, 15) is 18.8 Å². The van der Waals surface area contributed by atoms with Crippen molar-refractivity contribution in [2.45, 2.75) is 44.6 Å². The number of amides is 2. The van der Waals surface area contributed by atoms with Crippen LogP contribution < -0.4 is 10.2 Å². The molecule has 0 radical (unpaired) electrons. The molecule has 0 aromatic heterocycles. The maximum absolute atomic E-state index is 14.4. The molecule has 37 heavy (non-hydrogen) atoms. The lowest BCUT2D eigenvalue weighted by molar-refractivity contribution is -0.138. The first-order valence-corrected chi connectivity index (χ1v) is 11.7. The molecule has 1 aromatic carbocycles. The predicted molar refractivity (Wildman–Crippen MR) is 164 cm³/mol. The van der Waals surface area contributed by atoms with Gasteiger partial charge in [-0.3, -0.25) is 14.4 Å². The fraction of sp³-hybridized carbons (Fsp3) is 0.625. The Morgan fingerprint density at radius 2 is 1.65 bits per heavy atom. The van der Waals surface area contributed by atoms with Gasteiger partial charge in [0.2, 0.25) is 5.91 Å². The van der Waals surface area contributed by atoms with Gasteiger partial charge < -0.3 is 24.8 Å². The van der Waals surface area contributed by atoms with Crippen LogP contribution in [0.2, 0.25) is 0 Å². The second kappa shape index (κ2) is 15.5. The first-order valence-electron chi connectivity index (χ1n) is 11.7. The Hall–Kier alpha value is -1.12. The molecule has 4 atom stereocenters. The van der Waals surface area contributed by atoms with Crippen molar-refractivity contribution >= 4 is 77.3 Å². The number of ether oxygens (including phenoxy) is 1. The van der Waals surface area contributed by atoms with Crippen LogP contribution in [-0.2, 0) is 14.3 Å². The summed E-state index contributed by atoms with van der Waals surface area (Å²) in [5.41, 5.74) is 1.52. The minimum absolute atomic E-state index is 0. The number of hydrogen-bond acceptors (Lipinski definition) is 6. The van der Waals surface area contributed by atoms with Gasteiger partial charge >= 0.3 is 0 Å². The summed E-state index contributed by atoms with van der Waals surface area (Å²) in [7, 11) is 2.10. The maximum Gasteiger partial charge on any atom is 0.251 e. The molecular formula is C24H41FN4O4S4. The number of carbonyl (C=O) groups excluding carboxylic acids is 3. The number of piperazine rings is 1. The first kappa shape index (κ1) is 35.9. The van der Waals surface area contributed by atoms with Crippen LogP contribution in [0.3, 0.4) is 0 Å². The monoisotopic (exact) mass is 596 g/mol. The van der Waals surface area contributed by atoms with E-state index in [2.05, 4.69) is 22.2 Å². The summed E-state index contributed by atoms with van der Waals surface area (Å²) in [6, 6.07) is 5.63. The van der Waals surface area contributed by atoms with E-state index in [1.807, 2.05) is 26.0 Å². The highest BCUT2D eigenvalue weighted by Gasteiger charge is 2.53. The fourth-order valence-corrected chi connectivity index (χ4v) is 4.85. The quantitative estimate of drug-likeness (QED) is 0.537. The van der Waals surface area contributed by atoms with Gasteiger partial charge in [0.05, 0.1) is 6.54 Å². The minimum Gasteiger partial charge on any atom is -0.369 e. The van der Waals surface area contributed by atoms with Gasteiger partial charge in [0, 0.05) is 37.4 Å². The zero-order valence-corrected chi connectivity index (χ0v) is 25.5. The summed E-state index contributed by atoms with van der Waals surface area (Å²) in [6.07, 6.45) is -1.91. The molecule has 0 unspecified atom stereocenters. The van der Waals surface area contributed by atoms with Crippen molar-refractivity contribution in [2.75, 3.05) is 51.3 Å². The van der Waals surface area contributed by atoms with Crippen molar-refractivity contribution in [2.24, 2.45) is 5.92 Å². The van der Waals surface area contributed by atoms with Gasteiger partial charge in [0.25, 0.3) is 5.91 Å². The number of benzene rings is 1. The third kappa shape index (κ3) is 8.18. The number of hydrogen-bond donors (Lipinski definition) is 1. The Bertz CT molecular complexity index is 903. The average Bonchev–Trinajstić information content (AvgIpc) is 3.33. The Labute approximate surface area is 246 Å². The number of alkyl halides is 1. The number of halogens is 1. The molecule has 13 heteroatoms. The second-order valence-electron chi connectivity index (χ2n) is 9.69. The molecule has 2 amide bonds. The SMILES string of the molecule is CC(C)C[C@H](NC(=O)c1ccc(N2CCN(C)CC2)cc1)C(=O)N1C[C@@H](F)[C@H]2OCC(=O)[C@H]21.S.S.S.S. The van der Waals surface area contributed by atoms with E-state index in [-0.39, 0.29) is 84.7 Å².